The number of Topliss-reactive ketones (excluding diaryl/α,β-unsaturated/α-hetero) is 1. The predicted octanol–water partition coefficient (Wildman–Crippen LogP) is 3.14. The number of nitrogens with one attached hydrogen (secondary N) is 1. The van der Waals surface area contributed by atoms with Crippen LogP contribution in [0.4, 0.5) is 0 Å². The first-order valence-electron chi connectivity index (χ1n) is 9.00. The highest BCUT2D eigenvalue weighted by Gasteiger charge is 2.26. The largest absolute Gasteiger partial charge is 0.486 e. The first kappa shape index (κ1) is 18.4. The van der Waals surface area contributed by atoms with E-state index in [4.69, 9.17) is 9.47 Å². The Bertz CT molecular complexity index is 958. The molecule has 7 heteroatoms. The zero-order valence-corrected chi connectivity index (χ0v) is 16.4. The van der Waals surface area contributed by atoms with Crippen LogP contribution < -0.4 is 14.8 Å². The molecular weight excluding hydrogens is 376 g/mol. The van der Waals surface area contributed by atoms with Crippen LogP contribution in [0.15, 0.2) is 53.1 Å². The Morgan fingerprint density at radius 3 is 2.50 bits per heavy atom. The van der Waals surface area contributed by atoms with Crippen molar-refractivity contribution in [2.24, 2.45) is 0 Å². The summed E-state index contributed by atoms with van der Waals surface area (Å²) in [4.78, 5) is 26.3. The molecule has 0 aromatic heterocycles. The fourth-order valence-corrected chi connectivity index (χ4v) is 4.02. The summed E-state index contributed by atoms with van der Waals surface area (Å²) in [6.45, 7) is 2.73. The molecule has 0 fully saturated rings. The summed E-state index contributed by atoms with van der Waals surface area (Å²) in [6, 6.07) is 12.1. The summed E-state index contributed by atoms with van der Waals surface area (Å²) in [5.41, 5.74) is 1.94. The Morgan fingerprint density at radius 1 is 1.11 bits per heavy atom. The van der Waals surface area contributed by atoms with Crippen LogP contribution in [0.1, 0.15) is 22.8 Å². The Morgan fingerprint density at radius 2 is 1.79 bits per heavy atom. The highest BCUT2D eigenvalue weighted by Crippen LogP contribution is 2.42. The molecule has 1 N–H and O–H groups in total. The molecule has 0 saturated heterocycles. The van der Waals surface area contributed by atoms with Crippen LogP contribution in [-0.4, -0.2) is 42.3 Å². The number of fused-ring (bicyclic) bond motifs is 2. The summed E-state index contributed by atoms with van der Waals surface area (Å²) in [7, 11) is 1.82. The van der Waals surface area contributed by atoms with Crippen LogP contribution in [0.25, 0.3) is 6.08 Å². The molecular formula is C21H20N2O4S. The van der Waals surface area contributed by atoms with Crippen molar-refractivity contribution in [3.63, 3.8) is 0 Å². The van der Waals surface area contributed by atoms with Crippen molar-refractivity contribution in [2.45, 2.75) is 17.9 Å². The maximum Gasteiger partial charge on any atom is 0.269 e. The maximum atomic E-state index is 12.8. The van der Waals surface area contributed by atoms with Crippen LogP contribution in [0.2, 0.25) is 0 Å². The van der Waals surface area contributed by atoms with Gasteiger partial charge in [-0.05, 0) is 42.6 Å². The summed E-state index contributed by atoms with van der Waals surface area (Å²) in [5, 5.41) is 2.80. The van der Waals surface area contributed by atoms with Gasteiger partial charge in [-0.2, -0.15) is 0 Å². The van der Waals surface area contributed by atoms with E-state index in [0.29, 0.717) is 36.0 Å². The van der Waals surface area contributed by atoms with Crippen molar-refractivity contribution < 1.29 is 19.1 Å². The number of likely N-dealkylation sites (N-methyl/N-ethyl adjacent to an activating group) is 1. The molecule has 0 bridgehead atoms. The number of benzene rings is 2. The lowest BCUT2D eigenvalue weighted by Crippen LogP contribution is -2.41. The molecule has 1 amide bonds. The molecule has 0 spiro atoms. The quantitative estimate of drug-likeness (QED) is 0.633. The zero-order chi connectivity index (χ0) is 19.7. The van der Waals surface area contributed by atoms with Crippen molar-refractivity contribution in [2.75, 3.05) is 20.3 Å². The minimum atomic E-state index is -0.629. The van der Waals surface area contributed by atoms with Crippen LogP contribution in [0.3, 0.4) is 0 Å². The average molecular weight is 396 g/mol. The molecule has 28 heavy (non-hydrogen) atoms. The van der Waals surface area contributed by atoms with Gasteiger partial charge in [0, 0.05) is 17.5 Å². The van der Waals surface area contributed by atoms with E-state index in [0.717, 1.165) is 10.5 Å². The zero-order valence-electron chi connectivity index (χ0n) is 15.6. The van der Waals surface area contributed by atoms with Crippen LogP contribution in [0.5, 0.6) is 11.5 Å². The second kappa shape index (κ2) is 7.59. The first-order chi connectivity index (χ1) is 13.5. The fourth-order valence-electron chi connectivity index (χ4n) is 3.11. The summed E-state index contributed by atoms with van der Waals surface area (Å²) < 4.78 is 13.0. The van der Waals surface area contributed by atoms with Gasteiger partial charge in [0.2, 0.25) is 0 Å². The van der Waals surface area contributed by atoms with E-state index >= 15 is 0 Å². The average Bonchev–Trinajstić information content (AvgIpc) is 2.71. The lowest BCUT2D eigenvalue weighted by molar-refractivity contribution is -0.118. The summed E-state index contributed by atoms with van der Waals surface area (Å²) >= 11 is 1.44. The van der Waals surface area contributed by atoms with E-state index in [1.165, 1.54) is 11.9 Å². The first-order valence-corrected chi connectivity index (χ1v) is 9.77. The maximum absolute atomic E-state index is 12.8. The third kappa shape index (κ3) is 3.57. The molecule has 144 valence electrons. The van der Waals surface area contributed by atoms with E-state index < -0.39 is 6.04 Å². The standard InChI is InChI=1S/C21H20N2O4S/c1-13(20(24)14-6-4-3-5-7-14)22-21(25)16-10-15-11-17-18(27-9-8-26-17)12-19(15)28-23(16)2/h3-7,10-13H,8-9H2,1-2H3,(H,22,25)/t13-/m0/s1. The number of carbonyl (C=O) groups is 2. The van der Waals surface area contributed by atoms with Gasteiger partial charge in [0.05, 0.1) is 6.04 Å². The fraction of sp³-hybridized carbons (Fsp3) is 0.238. The number of hydrogen-bond acceptors (Lipinski definition) is 6. The lowest BCUT2D eigenvalue weighted by Gasteiger charge is -2.28. The van der Waals surface area contributed by atoms with Gasteiger partial charge in [0.1, 0.15) is 18.9 Å². The molecule has 0 aliphatic carbocycles. The molecule has 6 nitrogen and oxygen atoms in total. The molecule has 4 rings (SSSR count). The predicted molar refractivity (Wildman–Crippen MR) is 107 cm³/mol. The van der Waals surface area contributed by atoms with Crippen molar-refractivity contribution >= 4 is 29.7 Å². The molecule has 0 unspecified atom stereocenters. The molecule has 2 heterocycles. The number of nitrogens with zero attached hydrogens (tertiary/aromatic N) is 1. The third-order valence-corrected chi connectivity index (χ3v) is 5.59. The van der Waals surface area contributed by atoms with Crippen LogP contribution >= 0.6 is 11.9 Å². The summed E-state index contributed by atoms with van der Waals surface area (Å²) in [6.07, 6.45) is 1.80. The van der Waals surface area contributed by atoms with Crippen molar-refractivity contribution in [3.05, 3.63) is 59.3 Å². The Hall–Kier alpha value is -2.93. The van der Waals surface area contributed by atoms with Gasteiger partial charge >= 0.3 is 0 Å². The monoisotopic (exact) mass is 396 g/mol. The molecule has 2 aromatic carbocycles. The van der Waals surface area contributed by atoms with Gasteiger partial charge in [0.15, 0.2) is 17.3 Å². The molecule has 0 saturated carbocycles. The molecule has 0 radical (unpaired) electrons. The number of ether oxygens (including phenoxy) is 2. The van der Waals surface area contributed by atoms with E-state index in [1.807, 2.05) is 25.2 Å². The number of amides is 1. The summed E-state index contributed by atoms with van der Waals surface area (Å²) in [5.74, 6) is 0.973. The minimum Gasteiger partial charge on any atom is -0.486 e. The highest BCUT2D eigenvalue weighted by atomic mass is 32.2. The minimum absolute atomic E-state index is 0.124. The Labute approximate surface area is 167 Å². The SMILES string of the molecule is C[C@H](NC(=O)C1=Cc2cc3c(cc2SN1C)OCCO3)C(=O)c1ccccc1. The number of carbonyl (C=O) groups excluding carboxylic acids is 2. The molecule has 2 aliphatic heterocycles. The third-order valence-electron chi connectivity index (χ3n) is 4.57. The van der Waals surface area contributed by atoms with Gasteiger partial charge in [-0.1, -0.05) is 30.3 Å². The van der Waals surface area contributed by atoms with E-state index in [-0.39, 0.29) is 11.7 Å². The topological polar surface area (TPSA) is 67.9 Å². The number of rotatable bonds is 4. The van der Waals surface area contributed by atoms with Gasteiger partial charge in [-0.25, -0.2) is 0 Å². The second-order valence-electron chi connectivity index (χ2n) is 6.58. The Balaban J connectivity index is 1.54. The van der Waals surface area contributed by atoms with E-state index in [2.05, 4.69) is 5.32 Å². The number of ketones is 1. The molecule has 2 aromatic rings. The van der Waals surface area contributed by atoms with Gasteiger partial charge in [-0.3, -0.25) is 9.59 Å². The van der Waals surface area contributed by atoms with Crippen LogP contribution in [-0.2, 0) is 4.79 Å². The van der Waals surface area contributed by atoms with Gasteiger partial charge in [0.25, 0.3) is 5.91 Å². The smallest absolute Gasteiger partial charge is 0.269 e. The number of hydrogen-bond donors (Lipinski definition) is 1. The van der Waals surface area contributed by atoms with Gasteiger partial charge < -0.3 is 19.1 Å². The van der Waals surface area contributed by atoms with E-state index in [9.17, 15) is 9.59 Å². The van der Waals surface area contributed by atoms with Crippen LogP contribution in [0, 0.1) is 0 Å². The molecule has 2 aliphatic rings. The lowest BCUT2D eigenvalue weighted by atomic mass is 10.1. The Kier molecular flexibility index (Phi) is 5.00. The van der Waals surface area contributed by atoms with Gasteiger partial charge in [-0.15, -0.1) is 0 Å². The normalized spacial score (nSPS) is 15.9. The highest BCUT2D eigenvalue weighted by molar-refractivity contribution is 7.97. The molecule has 1 atom stereocenters. The van der Waals surface area contributed by atoms with E-state index in [1.54, 1.807) is 41.6 Å². The van der Waals surface area contributed by atoms with Crippen molar-refractivity contribution in [1.29, 1.82) is 0 Å². The van der Waals surface area contributed by atoms with Crippen molar-refractivity contribution in [1.82, 2.24) is 9.62 Å². The second-order valence-corrected chi connectivity index (χ2v) is 7.75. The van der Waals surface area contributed by atoms with Crippen molar-refractivity contribution in [3.8, 4) is 11.5 Å².